The molecule has 0 aromatic carbocycles. The van der Waals surface area contributed by atoms with Gasteiger partial charge in [-0.05, 0) is 44.9 Å². The van der Waals surface area contributed by atoms with Crippen molar-refractivity contribution < 1.29 is 19.4 Å². The SMILES string of the molecule is CC(C)[C@@H](Cc1[nH]c(-c2ccncc2)cc1C(=O)O)NC(=O)OC(C)(C)C. The normalized spacial score (nSPS) is 12.7. The van der Waals surface area contributed by atoms with Crippen molar-refractivity contribution in [1.82, 2.24) is 15.3 Å². The van der Waals surface area contributed by atoms with Gasteiger partial charge in [0, 0.05) is 41.8 Å². The van der Waals surface area contributed by atoms with Gasteiger partial charge < -0.3 is 20.1 Å². The zero-order valence-corrected chi connectivity index (χ0v) is 16.4. The summed E-state index contributed by atoms with van der Waals surface area (Å²) in [5, 5.41) is 12.4. The Bertz CT molecular complexity index is 791. The van der Waals surface area contributed by atoms with Crippen molar-refractivity contribution in [2.75, 3.05) is 0 Å². The number of carbonyl (C=O) groups is 2. The number of hydrogen-bond acceptors (Lipinski definition) is 4. The molecule has 2 rings (SSSR count). The molecule has 0 aliphatic heterocycles. The van der Waals surface area contributed by atoms with Crippen LogP contribution in [0, 0.1) is 5.92 Å². The number of amides is 1. The molecular weight excluding hydrogens is 346 g/mol. The summed E-state index contributed by atoms with van der Waals surface area (Å²) in [7, 11) is 0. The Kier molecular flexibility index (Phi) is 6.25. The molecule has 0 saturated carbocycles. The van der Waals surface area contributed by atoms with E-state index in [0.717, 1.165) is 5.56 Å². The Morgan fingerprint density at radius 3 is 2.41 bits per heavy atom. The molecule has 1 atom stereocenters. The highest BCUT2D eigenvalue weighted by molar-refractivity contribution is 5.91. The molecule has 27 heavy (non-hydrogen) atoms. The average molecular weight is 373 g/mol. The van der Waals surface area contributed by atoms with Gasteiger partial charge in [0.1, 0.15) is 5.60 Å². The third-order valence-electron chi connectivity index (χ3n) is 4.05. The Hall–Kier alpha value is -2.83. The van der Waals surface area contributed by atoms with Gasteiger partial charge in [0.05, 0.1) is 5.56 Å². The minimum atomic E-state index is -1.01. The van der Waals surface area contributed by atoms with E-state index in [9.17, 15) is 14.7 Å². The molecule has 0 unspecified atom stereocenters. The second kappa shape index (κ2) is 8.24. The molecular formula is C20H27N3O4. The van der Waals surface area contributed by atoms with Crippen LogP contribution in [0.25, 0.3) is 11.3 Å². The van der Waals surface area contributed by atoms with E-state index in [1.807, 2.05) is 13.8 Å². The highest BCUT2D eigenvalue weighted by Crippen LogP contribution is 2.23. The molecule has 7 nitrogen and oxygen atoms in total. The average Bonchev–Trinajstić information content (AvgIpc) is 2.97. The second-order valence-electron chi connectivity index (χ2n) is 7.82. The molecule has 2 aromatic heterocycles. The highest BCUT2D eigenvalue weighted by atomic mass is 16.6. The van der Waals surface area contributed by atoms with Crippen molar-refractivity contribution >= 4 is 12.1 Å². The van der Waals surface area contributed by atoms with E-state index in [1.165, 1.54) is 0 Å². The largest absolute Gasteiger partial charge is 0.478 e. The molecule has 3 N–H and O–H groups in total. The van der Waals surface area contributed by atoms with Crippen LogP contribution in [0.4, 0.5) is 4.79 Å². The monoisotopic (exact) mass is 373 g/mol. The number of aromatic nitrogens is 2. The molecule has 2 heterocycles. The summed E-state index contributed by atoms with van der Waals surface area (Å²) in [5.41, 5.74) is 1.70. The zero-order valence-electron chi connectivity index (χ0n) is 16.4. The number of ether oxygens (including phenoxy) is 1. The summed E-state index contributed by atoms with van der Waals surface area (Å²) in [6.45, 7) is 9.33. The van der Waals surface area contributed by atoms with E-state index in [1.54, 1.807) is 51.4 Å². The lowest BCUT2D eigenvalue weighted by molar-refractivity contribution is 0.0490. The highest BCUT2D eigenvalue weighted by Gasteiger charge is 2.25. The van der Waals surface area contributed by atoms with Crippen LogP contribution in [0.1, 0.15) is 50.7 Å². The minimum absolute atomic E-state index is 0.0897. The van der Waals surface area contributed by atoms with Crippen LogP contribution in [0.2, 0.25) is 0 Å². The number of aromatic amines is 1. The van der Waals surface area contributed by atoms with Crippen LogP contribution in [0.3, 0.4) is 0 Å². The zero-order chi connectivity index (χ0) is 20.2. The fourth-order valence-electron chi connectivity index (χ4n) is 2.67. The van der Waals surface area contributed by atoms with Gasteiger partial charge in [-0.15, -0.1) is 0 Å². The number of rotatable bonds is 6. The first-order valence-electron chi connectivity index (χ1n) is 8.92. The Morgan fingerprint density at radius 1 is 1.26 bits per heavy atom. The lowest BCUT2D eigenvalue weighted by Gasteiger charge is -2.25. The van der Waals surface area contributed by atoms with Crippen LogP contribution < -0.4 is 5.32 Å². The van der Waals surface area contributed by atoms with Gasteiger partial charge in [0.25, 0.3) is 0 Å². The van der Waals surface area contributed by atoms with Crippen molar-refractivity contribution in [3.8, 4) is 11.3 Å². The molecule has 7 heteroatoms. The van der Waals surface area contributed by atoms with Crippen LogP contribution >= 0.6 is 0 Å². The maximum atomic E-state index is 12.1. The molecule has 0 saturated heterocycles. The molecule has 0 radical (unpaired) electrons. The third-order valence-corrected chi connectivity index (χ3v) is 4.05. The first-order chi connectivity index (χ1) is 12.6. The van der Waals surface area contributed by atoms with Gasteiger partial charge in [-0.2, -0.15) is 0 Å². The number of carboxylic acid groups (broad SMARTS) is 1. The smallest absolute Gasteiger partial charge is 0.407 e. The van der Waals surface area contributed by atoms with Gasteiger partial charge in [-0.1, -0.05) is 13.8 Å². The molecule has 0 aliphatic carbocycles. The first kappa shape index (κ1) is 20.5. The lowest BCUT2D eigenvalue weighted by Crippen LogP contribution is -2.43. The standard InChI is InChI=1S/C20H27N3O4/c1-12(2)15(23-19(26)27-20(3,4)5)11-17-14(18(24)25)10-16(22-17)13-6-8-21-9-7-13/h6-10,12,15,22H,11H2,1-5H3,(H,23,26)(H,24,25)/t15-/m1/s1. The van der Waals surface area contributed by atoms with Gasteiger partial charge in [0.15, 0.2) is 0 Å². The van der Waals surface area contributed by atoms with E-state index in [4.69, 9.17) is 4.74 Å². The fourth-order valence-corrected chi connectivity index (χ4v) is 2.67. The fraction of sp³-hybridized carbons (Fsp3) is 0.450. The van der Waals surface area contributed by atoms with E-state index in [2.05, 4.69) is 15.3 Å². The van der Waals surface area contributed by atoms with Gasteiger partial charge in [-0.3, -0.25) is 4.98 Å². The quantitative estimate of drug-likeness (QED) is 0.713. The van der Waals surface area contributed by atoms with Crippen LogP contribution in [-0.2, 0) is 11.2 Å². The summed E-state index contributed by atoms with van der Waals surface area (Å²) in [6.07, 6.45) is 3.14. The number of aromatic carboxylic acids is 1. The molecule has 0 bridgehead atoms. The maximum absolute atomic E-state index is 12.1. The maximum Gasteiger partial charge on any atom is 0.407 e. The number of nitrogens with zero attached hydrogens (tertiary/aromatic N) is 1. The predicted molar refractivity (Wildman–Crippen MR) is 103 cm³/mol. The van der Waals surface area contributed by atoms with Crippen LogP contribution in [-0.4, -0.2) is 38.8 Å². The summed E-state index contributed by atoms with van der Waals surface area (Å²) < 4.78 is 5.32. The summed E-state index contributed by atoms with van der Waals surface area (Å²) in [4.78, 5) is 31.0. The molecule has 0 aliphatic rings. The van der Waals surface area contributed by atoms with Gasteiger partial charge in [-0.25, -0.2) is 9.59 Å². The van der Waals surface area contributed by atoms with E-state index >= 15 is 0 Å². The number of hydrogen-bond donors (Lipinski definition) is 3. The van der Waals surface area contributed by atoms with Gasteiger partial charge in [0.2, 0.25) is 0 Å². The van der Waals surface area contributed by atoms with Crippen LogP contribution in [0.5, 0.6) is 0 Å². The van der Waals surface area contributed by atoms with E-state index < -0.39 is 17.7 Å². The van der Waals surface area contributed by atoms with Gasteiger partial charge >= 0.3 is 12.1 Å². The van der Waals surface area contributed by atoms with Crippen molar-refractivity contribution in [3.63, 3.8) is 0 Å². The molecule has 2 aromatic rings. The summed E-state index contributed by atoms with van der Waals surface area (Å²) in [5.74, 6) is -0.923. The van der Waals surface area contributed by atoms with Crippen molar-refractivity contribution in [3.05, 3.63) is 41.9 Å². The summed E-state index contributed by atoms with van der Waals surface area (Å²) >= 11 is 0. The van der Waals surface area contributed by atoms with Crippen LogP contribution in [0.15, 0.2) is 30.6 Å². The Labute approximate surface area is 159 Å². The van der Waals surface area contributed by atoms with E-state index in [0.29, 0.717) is 17.8 Å². The van der Waals surface area contributed by atoms with Crippen molar-refractivity contribution in [2.45, 2.75) is 52.7 Å². The topological polar surface area (TPSA) is 104 Å². The lowest BCUT2D eigenvalue weighted by atomic mass is 9.98. The molecule has 0 spiro atoms. The predicted octanol–water partition coefficient (Wildman–Crippen LogP) is 3.87. The Balaban J connectivity index is 2.25. The van der Waals surface area contributed by atoms with Crippen molar-refractivity contribution in [2.24, 2.45) is 5.92 Å². The third kappa shape index (κ3) is 5.84. The minimum Gasteiger partial charge on any atom is -0.478 e. The van der Waals surface area contributed by atoms with E-state index in [-0.39, 0.29) is 17.5 Å². The van der Waals surface area contributed by atoms with Crippen molar-refractivity contribution in [1.29, 1.82) is 0 Å². The number of carbonyl (C=O) groups excluding carboxylic acids is 1. The number of pyridine rings is 1. The summed E-state index contributed by atoms with van der Waals surface area (Å²) in [6, 6.07) is 4.94. The molecule has 1 amide bonds. The Morgan fingerprint density at radius 2 is 1.89 bits per heavy atom. The first-order valence-corrected chi connectivity index (χ1v) is 8.92. The number of H-pyrrole nitrogens is 1. The molecule has 0 fully saturated rings. The number of alkyl carbamates (subject to hydrolysis) is 1. The second-order valence-corrected chi connectivity index (χ2v) is 7.82. The number of nitrogens with one attached hydrogen (secondary N) is 2. The molecule has 146 valence electrons. The number of carboxylic acids is 1.